The summed E-state index contributed by atoms with van der Waals surface area (Å²) in [6.07, 6.45) is 5.40. The zero-order valence-electron chi connectivity index (χ0n) is 12.3. The number of nitrogens with two attached hydrogens (primary N) is 1. The van der Waals surface area contributed by atoms with Crippen LogP contribution in [0.15, 0.2) is 22.7 Å². The van der Waals surface area contributed by atoms with E-state index in [1.54, 1.807) is 0 Å². The van der Waals surface area contributed by atoms with Gasteiger partial charge in [-0.2, -0.15) is 0 Å². The standard InChI is InChI=1S/C16H24BrClN2O/c17-12-5-6-14(15(18)11-12)16(19)7-9-20-8-1-3-13(20)4-2-10-21/h5-6,11,13,16,21H,1-4,7-10,19H2. The van der Waals surface area contributed by atoms with Crippen molar-refractivity contribution in [2.75, 3.05) is 19.7 Å². The van der Waals surface area contributed by atoms with E-state index in [1.807, 2.05) is 18.2 Å². The van der Waals surface area contributed by atoms with Gasteiger partial charge in [-0.3, -0.25) is 0 Å². The van der Waals surface area contributed by atoms with Crippen LogP contribution in [0.5, 0.6) is 0 Å². The minimum atomic E-state index is -0.0234. The largest absolute Gasteiger partial charge is 0.396 e. The first kappa shape index (κ1) is 17.2. The van der Waals surface area contributed by atoms with Gasteiger partial charge in [-0.05, 0) is 56.3 Å². The Kier molecular flexibility index (Phi) is 6.96. The van der Waals surface area contributed by atoms with Crippen LogP contribution >= 0.6 is 27.5 Å². The molecule has 3 nitrogen and oxygen atoms in total. The highest BCUT2D eigenvalue weighted by molar-refractivity contribution is 9.10. The Morgan fingerprint density at radius 1 is 1.48 bits per heavy atom. The summed E-state index contributed by atoms with van der Waals surface area (Å²) < 4.78 is 0.979. The fourth-order valence-corrected chi connectivity index (χ4v) is 3.92. The number of aliphatic hydroxyl groups is 1. The van der Waals surface area contributed by atoms with E-state index in [4.69, 9.17) is 22.4 Å². The van der Waals surface area contributed by atoms with Crippen LogP contribution in [0.25, 0.3) is 0 Å². The quantitative estimate of drug-likeness (QED) is 0.763. The van der Waals surface area contributed by atoms with E-state index in [-0.39, 0.29) is 6.04 Å². The van der Waals surface area contributed by atoms with Crippen molar-refractivity contribution in [2.24, 2.45) is 5.73 Å². The van der Waals surface area contributed by atoms with Gasteiger partial charge in [0.1, 0.15) is 0 Å². The molecule has 1 aromatic carbocycles. The van der Waals surface area contributed by atoms with Crippen LogP contribution in [0.4, 0.5) is 0 Å². The maximum Gasteiger partial charge on any atom is 0.0464 e. The Morgan fingerprint density at radius 2 is 2.29 bits per heavy atom. The number of benzene rings is 1. The van der Waals surface area contributed by atoms with E-state index in [0.29, 0.717) is 12.6 Å². The Morgan fingerprint density at radius 3 is 3.00 bits per heavy atom. The van der Waals surface area contributed by atoms with Crippen molar-refractivity contribution in [1.29, 1.82) is 0 Å². The summed E-state index contributed by atoms with van der Waals surface area (Å²) in [4.78, 5) is 2.52. The highest BCUT2D eigenvalue weighted by Crippen LogP contribution is 2.28. The molecule has 0 bridgehead atoms. The first-order valence-electron chi connectivity index (χ1n) is 7.67. The third kappa shape index (κ3) is 4.93. The van der Waals surface area contributed by atoms with Gasteiger partial charge in [0, 0.05) is 34.7 Å². The van der Waals surface area contributed by atoms with Gasteiger partial charge >= 0.3 is 0 Å². The first-order chi connectivity index (χ1) is 10.1. The van der Waals surface area contributed by atoms with Crippen LogP contribution in [-0.4, -0.2) is 35.7 Å². The number of aliphatic hydroxyl groups excluding tert-OH is 1. The van der Waals surface area contributed by atoms with Crippen LogP contribution in [0, 0.1) is 0 Å². The minimum Gasteiger partial charge on any atom is -0.396 e. The second-order valence-electron chi connectivity index (χ2n) is 5.76. The van der Waals surface area contributed by atoms with E-state index in [0.717, 1.165) is 47.4 Å². The van der Waals surface area contributed by atoms with Gasteiger partial charge < -0.3 is 15.7 Å². The van der Waals surface area contributed by atoms with E-state index in [2.05, 4.69) is 20.8 Å². The van der Waals surface area contributed by atoms with Crippen molar-refractivity contribution in [3.8, 4) is 0 Å². The van der Waals surface area contributed by atoms with E-state index >= 15 is 0 Å². The molecule has 0 aromatic heterocycles. The van der Waals surface area contributed by atoms with Crippen LogP contribution in [-0.2, 0) is 0 Å². The van der Waals surface area contributed by atoms with Crippen molar-refractivity contribution in [3.63, 3.8) is 0 Å². The second kappa shape index (κ2) is 8.49. The highest BCUT2D eigenvalue weighted by Gasteiger charge is 2.24. The van der Waals surface area contributed by atoms with Crippen molar-refractivity contribution >= 4 is 27.5 Å². The maximum absolute atomic E-state index is 8.98. The molecule has 1 aromatic rings. The molecule has 0 amide bonds. The van der Waals surface area contributed by atoms with Crippen molar-refractivity contribution in [2.45, 2.75) is 44.2 Å². The van der Waals surface area contributed by atoms with Crippen molar-refractivity contribution in [1.82, 2.24) is 4.90 Å². The van der Waals surface area contributed by atoms with Crippen LogP contribution < -0.4 is 5.73 Å². The Hall–Kier alpha value is -0.130. The number of hydrogen-bond acceptors (Lipinski definition) is 3. The SMILES string of the molecule is NC(CCN1CCCC1CCCO)c1ccc(Br)cc1Cl. The number of halogens is 2. The molecule has 0 spiro atoms. The van der Waals surface area contributed by atoms with Crippen molar-refractivity contribution in [3.05, 3.63) is 33.3 Å². The number of likely N-dealkylation sites (tertiary alicyclic amines) is 1. The molecule has 21 heavy (non-hydrogen) atoms. The summed E-state index contributed by atoms with van der Waals surface area (Å²) in [6.45, 7) is 2.44. The van der Waals surface area contributed by atoms with E-state index in [9.17, 15) is 0 Å². The molecule has 0 radical (unpaired) electrons. The molecule has 0 saturated carbocycles. The zero-order valence-corrected chi connectivity index (χ0v) is 14.6. The van der Waals surface area contributed by atoms with Gasteiger partial charge in [-0.25, -0.2) is 0 Å². The molecule has 5 heteroatoms. The molecule has 2 unspecified atom stereocenters. The van der Waals surface area contributed by atoms with Crippen molar-refractivity contribution < 1.29 is 5.11 Å². The lowest BCUT2D eigenvalue weighted by molar-refractivity contribution is 0.211. The van der Waals surface area contributed by atoms with Crippen LogP contribution in [0.1, 0.15) is 43.7 Å². The van der Waals surface area contributed by atoms with Gasteiger partial charge in [-0.1, -0.05) is 33.6 Å². The first-order valence-corrected chi connectivity index (χ1v) is 8.84. The molecule has 0 aliphatic carbocycles. The number of nitrogens with zero attached hydrogens (tertiary/aromatic N) is 1. The molecule has 118 valence electrons. The smallest absolute Gasteiger partial charge is 0.0464 e. The van der Waals surface area contributed by atoms with Gasteiger partial charge in [0.2, 0.25) is 0 Å². The summed E-state index contributed by atoms with van der Waals surface area (Å²) in [6, 6.07) is 6.48. The highest BCUT2D eigenvalue weighted by atomic mass is 79.9. The normalized spacial score (nSPS) is 20.9. The summed E-state index contributed by atoms with van der Waals surface area (Å²) in [5.74, 6) is 0. The Balaban J connectivity index is 1.86. The van der Waals surface area contributed by atoms with Crippen LogP contribution in [0.3, 0.4) is 0 Å². The molecule has 3 N–H and O–H groups in total. The lowest BCUT2D eigenvalue weighted by Crippen LogP contribution is -2.32. The van der Waals surface area contributed by atoms with Gasteiger partial charge in [0.25, 0.3) is 0 Å². The monoisotopic (exact) mass is 374 g/mol. The topological polar surface area (TPSA) is 49.5 Å². The molecule has 1 aliphatic rings. The number of hydrogen-bond donors (Lipinski definition) is 2. The van der Waals surface area contributed by atoms with Crippen LogP contribution in [0.2, 0.25) is 5.02 Å². The van der Waals surface area contributed by atoms with E-state index in [1.165, 1.54) is 12.8 Å². The summed E-state index contributed by atoms with van der Waals surface area (Å²) in [5.41, 5.74) is 7.32. The van der Waals surface area contributed by atoms with Gasteiger partial charge in [0.15, 0.2) is 0 Å². The molecule has 2 rings (SSSR count). The summed E-state index contributed by atoms with van der Waals surface area (Å²) >= 11 is 9.68. The summed E-state index contributed by atoms with van der Waals surface area (Å²) in [5, 5.41) is 9.71. The predicted octanol–water partition coefficient (Wildman–Crippen LogP) is 3.73. The maximum atomic E-state index is 8.98. The fraction of sp³-hybridized carbons (Fsp3) is 0.625. The zero-order chi connectivity index (χ0) is 15.2. The lowest BCUT2D eigenvalue weighted by Gasteiger charge is -2.26. The second-order valence-corrected chi connectivity index (χ2v) is 7.08. The molecule has 1 heterocycles. The third-order valence-corrected chi connectivity index (χ3v) is 5.10. The number of rotatable bonds is 7. The fourth-order valence-electron chi connectivity index (χ4n) is 3.11. The third-order valence-electron chi connectivity index (χ3n) is 4.28. The molecule has 1 fully saturated rings. The lowest BCUT2D eigenvalue weighted by atomic mass is 10.0. The van der Waals surface area contributed by atoms with Gasteiger partial charge in [-0.15, -0.1) is 0 Å². The predicted molar refractivity (Wildman–Crippen MR) is 91.6 cm³/mol. The molecule has 1 aliphatic heterocycles. The molecule has 1 saturated heterocycles. The average Bonchev–Trinajstić information content (AvgIpc) is 2.90. The Bertz CT molecular complexity index is 458. The minimum absolute atomic E-state index is 0.0234. The van der Waals surface area contributed by atoms with E-state index < -0.39 is 0 Å². The Labute approximate surface area is 140 Å². The molecular formula is C16H24BrClN2O. The molecule has 2 atom stereocenters. The molecular weight excluding hydrogens is 352 g/mol. The summed E-state index contributed by atoms with van der Waals surface area (Å²) in [7, 11) is 0. The van der Waals surface area contributed by atoms with Gasteiger partial charge in [0.05, 0.1) is 0 Å². The average molecular weight is 376 g/mol.